The third-order valence-electron chi connectivity index (χ3n) is 2.48. The molecular formula is C15H12ClNO2. The van der Waals surface area contributed by atoms with Crippen molar-refractivity contribution < 1.29 is 9.90 Å². The summed E-state index contributed by atoms with van der Waals surface area (Å²) >= 11 is 5.97. The van der Waals surface area contributed by atoms with E-state index in [2.05, 4.69) is 5.32 Å². The molecule has 2 aromatic rings. The molecule has 2 aromatic carbocycles. The molecule has 0 aromatic heterocycles. The Bertz CT molecular complexity index is 623. The predicted molar refractivity (Wildman–Crippen MR) is 77.2 cm³/mol. The van der Waals surface area contributed by atoms with Crippen LogP contribution in [0.4, 0.5) is 5.69 Å². The molecule has 0 fully saturated rings. The molecule has 1 amide bonds. The van der Waals surface area contributed by atoms with Crippen molar-refractivity contribution in [3.05, 3.63) is 65.2 Å². The van der Waals surface area contributed by atoms with Crippen molar-refractivity contribution in [2.75, 3.05) is 5.32 Å². The van der Waals surface area contributed by atoms with E-state index in [0.717, 1.165) is 5.56 Å². The lowest BCUT2D eigenvalue weighted by Gasteiger charge is -2.04. The third kappa shape index (κ3) is 3.60. The molecule has 2 N–H and O–H groups in total. The van der Waals surface area contributed by atoms with Crippen LogP contribution in [0.15, 0.2) is 54.6 Å². The Morgan fingerprint density at radius 3 is 2.53 bits per heavy atom. The number of hydrogen-bond donors (Lipinski definition) is 2. The van der Waals surface area contributed by atoms with Crippen LogP contribution in [0.2, 0.25) is 5.02 Å². The fourth-order valence-corrected chi connectivity index (χ4v) is 1.73. The van der Waals surface area contributed by atoms with Crippen molar-refractivity contribution >= 4 is 29.3 Å². The highest BCUT2D eigenvalue weighted by atomic mass is 35.5. The molecule has 0 heterocycles. The number of nitrogens with one attached hydrogen (secondary N) is 1. The van der Waals surface area contributed by atoms with Gasteiger partial charge in [0.15, 0.2) is 0 Å². The van der Waals surface area contributed by atoms with Crippen LogP contribution in [-0.2, 0) is 4.79 Å². The second-order valence-corrected chi connectivity index (χ2v) is 4.27. The van der Waals surface area contributed by atoms with Gasteiger partial charge in [-0.05, 0) is 29.8 Å². The molecule has 0 unspecified atom stereocenters. The molecule has 0 aliphatic heterocycles. The van der Waals surface area contributed by atoms with Gasteiger partial charge in [-0.15, -0.1) is 0 Å². The maximum absolute atomic E-state index is 11.7. The number of amides is 1. The van der Waals surface area contributed by atoms with Crippen LogP contribution in [-0.4, -0.2) is 11.0 Å². The highest BCUT2D eigenvalue weighted by Crippen LogP contribution is 2.21. The Kier molecular flexibility index (Phi) is 4.21. The number of para-hydroxylation sites is 2. The van der Waals surface area contributed by atoms with E-state index in [4.69, 9.17) is 11.6 Å². The second kappa shape index (κ2) is 6.07. The monoisotopic (exact) mass is 273 g/mol. The van der Waals surface area contributed by atoms with Crippen LogP contribution in [0.5, 0.6) is 5.75 Å². The molecule has 3 nitrogen and oxygen atoms in total. The van der Waals surface area contributed by atoms with Gasteiger partial charge in [0.05, 0.1) is 5.69 Å². The van der Waals surface area contributed by atoms with Gasteiger partial charge in [0, 0.05) is 11.1 Å². The number of aromatic hydroxyl groups is 1. The molecule has 2 rings (SSSR count). The van der Waals surface area contributed by atoms with Crippen molar-refractivity contribution in [1.29, 1.82) is 0 Å². The molecule has 0 aliphatic rings. The summed E-state index contributed by atoms with van der Waals surface area (Å²) in [5.41, 5.74) is 1.13. The molecule has 19 heavy (non-hydrogen) atoms. The first kappa shape index (κ1) is 13.2. The Hall–Kier alpha value is -2.26. The van der Waals surface area contributed by atoms with Crippen molar-refractivity contribution in [1.82, 2.24) is 0 Å². The summed E-state index contributed by atoms with van der Waals surface area (Å²) in [6.07, 6.45) is 2.99. The summed E-state index contributed by atoms with van der Waals surface area (Å²) in [5.74, 6) is -0.302. The fourth-order valence-electron chi connectivity index (χ4n) is 1.53. The van der Waals surface area contributed by atoms with Crippen LogP contribution in [0.1, 0.15) is 5.56 Å². The molecule has 0 saturated carbocycles. The zero-order chi connectivity index (χ0) is 13.7. The molecule has 0 atom stereocenters. The summed E-state index contributed by atoms with van der Waals surface area (Å²) in [7, 11) is 0. The van der Waals surface area contributed by atoms with E-state index in [1.54, 1.807) is 30.3 Å². The minimum Gasteiger partial charge on any atom is -0.506 e. The molecule has 0 radical (unpaired) electrons. The van der Waals surface area contributed by atoms with Gasteiger partial charge in [-0.2, -0.15) is 0 Å². The van der Waals surface area contributed by atoms with Gasteiger partial charge in [0.25, 0.3) is 0 Å². The average molecular weight is 274 g/mol. The maximum Gasteiger partial charge on any atom is 0.248 e. The van der Waals surface area contributed by atoms with Gasteiger partial charge in [0.1, 0.15) is 5.75 Å². The Labute approximate surface area is 116 Å². The lowest BCUT2D eigenvalue weighted by Crippen LogP contribution is -2.07. The van der Waals surface area contributed by atoms with Gasteiger partial charge < -0.3 is 10.4 Å². The van der Waals surface area contributed by atoms with Gasteiger partial charge in [-0.25, -0.2) is 0 Å². The number of phenols is 1. The number of carbonyl (C=O) groups excluding carboxylic acids is 1. The zero-order valence-corrected chi connectivity index (χ0v) is 10.8. The topological polar surface area (TPSA) is 49.3 Å². The largest absolute Gasteiger partial charge is 0.506 e. The molecular weight excluding hydrogens is 262 g/mol. The number of carbonyl (C=O) groups is 1. The first-order valence-electron chi connectivity index (χ1n) is 5.68. The number of hydrogen-bond acceptors (Lipinski definition) is 2. The summed E-state index contributed by atoms with van der Waals surface area (Å²) in [6.45, 7) is 0. The molecule has 0 saturated heterocycles. The summed E-state index contributed by atoms with van der Waals surface area (Å²) in [5, 5.41) is 12.7. The van der Waals surface area contributed by atoms with Crippen molar-refractivity contribution in [2.24, 2.45) is 0 Å². The Morgan fingerprint density at radius 1 is 1.11 bits per heavy atom. The van der Waals surface area contributed by atoms with Crippen molar-refractivity contribution in [2.45, 2.75) is 0 Å². The molecule has 0 bridgehead atoms. The van der Waals surface area contributed by atoms with E-state index in [0.29, 0.717) is 10.7 Å². The first-order valence-corrected chi connectivity index (χ1v) is 6.06. The lowest BCUT2D eigenvalue weighted by atomic mass is 10.2. The maximum atomic E-state index is 11.7. The Balaban J connectivity index is 2.06. The fraction of sp³-hybridized carbons (Fsp3) is 0. The summed E-state index contributed by atoms with van der Waals surface area (Å²) in [4.78, 5) is 11.7. The van der Waals surface area contributed by atoms with E-state index in [1.165, 1.54) is 12.1 Å². The third-order valence-corrected chi connectivity index (χ3v) is 2.83. The minimum atomic E-state index is -0.332. The number of phenolic OH excluding ortho intramolecular Hbond substituents is 1. The summed E-state index contributed by atoms with van der Waals surface area (Å²) < 4.78 is 0. The highest BCUT2D eigenvalue weighted by molar-refractivity contribution is 6.32. The van der Waals surface area contributed by atoms with Crippen molar-refractivity contribution in [3.8, 4) is 5.75 Å². The van der Waals surface area contributed by atoms with Crippen LogP contribution >= 0.6 is 11.6 Å². The standard InChI is InChI=1S/C15H12ClNO2/c16-12-6-2-1-5-11(12)9-10-15(19)17-13-7-3-4-8-14(13)18/h1-10,18H,(H,17,19). The van der Waals surface area contributed by atoms with E-state index >= 15 is 0 Å². The predicted octanol–water partition coefficient (Wildman–Crippen LogP) is 3.70. The number of halogens is 1. The first-order chi connectivity index (χ1) is 9.16. The zero-order valence-electron chi connectivity index (χ0n) is 10.0. The number of benzene rings is 2. The highest BCUT2D eigenvalue weighted by Gasteiger charge is 2.02. The average Bonchev–Trinajstić information content (AvgIpc) is 2.40. The smallest absolute Gasteiger partial charge is 0.248 e. The molecule has 4 heteroatoms. The van der Waals surface area contributed by atoms with Gasteiger partial charge in [-0.3, -0.25) is 4.79 Å². The minimum absolute atomic E-state index is 0.0296. The van der Waals surface area contributed by atoms with Crippen LogP contribution < -0.4 is 5.32 Å². The van der Waals surface area contributed by atoms with Crippen LogP contribution in [0.3, 0.4) is 0 Å². The van der Waals surface area contributed by atoms with Crippen LogP contribution in [0, 0.1) is 0 Å². The lowest BCUT2D eigenvalue weighted by molar-refractivity contribution is -0.111. The molecule has 0 spiro atoms. The molecule has 0 aliphatic carbocycles. The number of rotatable bonds is 3. The van der Waals surface area contributed by atoms with E-state index in [-0.39, 0.29) is 11.7 Å². The quantitative estimate of drug-likeness (QED) is 0.662. The molecule has 96 valence electrons. The number of anilines is 1. The van der Waals surface area contributed by atoms with E-state index in [1.807, 2.05) is 18.2 Å². The van der Waals surface area contributed by atoms with Gasteiger partial charge in [-0.1, -0.05) is 41.9 Å². The second-order valence-electron chi connectivity index (χ2n) is 3.86. The van der Waals surface area contributed by atoms with E-state index in [9.17, 15) is 9.90 Å². The van der Waals surface area contributed by atoms with Crippen LogP contribution in [0.25, 0.3) is 6.08 Å². The van der Waals surface area contributed by atoms with Gasteiger partial charge in [0.2, 0.25) is 5.91 Å². The normalized spacial score (nSPS) is 10.6. The van der Waals surface area contributed by atoms with Gasteiger partial charge >= 0.3 is 0 Å². The van der Waals surface area contributed by atoms with Crippen molar-refractivity contribution in [3.63, 3.8) is 0 Å². The Morgan fingerprint density at radius 2 is 1.79 bits per heavy atom. The summed E-state index contributed by atoms with van der Waals surface area (Å²) in [6, 6.07) is 13.8. The SMILES string of the molecule is O=C(C=Cc1ccccc1Cl)Nc1ccccc1O. The van der Waals surface area contributed by atoms with E-state index < -0.39 is 0 Å².